The summed E-state index contributed by atoms with van der Waals surface area (Å²) < 4.78 is 0. The Morgan fingerprint density at radius 2 is 2.36 bits per heavy atom. The standard InChI is InChI=1S/C10H18N2OS/c1-4-8(5-2)12-10(13)9(11)6-7-14-3/h1,8-9H,5-7,11H2,2-3H3,(H,12,13)/t8?,9-/m0/s1. The van der Waals surface area contributed by atoms with E-state index in [9.17, 15) is 4.79 Å². The van der Waals surface area contributed by atoms with Gasteiger partial charge in [-0.2, -0.15) is 11.8 Å². The molecule has 0 fully saturated rings. The van der Waals surface area contributed by atoms with Gasteiger partial charge >= 0.3 is 0 Å². The predicted octanol–water partition coefficient (Wildman–Crippen LogP) is 0.595. The van der Waals surface area contributed by atoms with E-state index < -0.39 is 6.04 Å². The first kappa shape index (κ1) is 13.3. The number of nitrogens with one attached hydrogen (secondary N) is 1. The van der Waals surface area contributed by atoms with Gasteiger partial charge in [-0.05, 0) is 24.9 Å². The summed E-state index contributed by atoms with van der Waals surface area (Å²) >= 11 is 1.68. The monoisotopic (exact) mass is 214 g/mol. The molecule has 0 saturated carbocycles. The summed E-state index contributed by atoms with van der Waals surface area (Å²) in [5.74, 6) is 3.24. The summed E-state index contributed by atoms with van der Waals surface area (Å²) in [5, 5.41) is 2.72. The van der Waals surface area contributed by atoms with Crippen LogP contribution in [0.2, 0.25) is 0 Å². The maximum atomic E-state index is 11.4. The van der Waals surface area contributed by atoms with E-state index >= 15 is 0 Å². The number of nitrogens with two attached hydrogens (primary N) is 1. The van der Waals surface area contributed by atoms with E-state index in [-0.39, 0.29) is 11.9 Å². The Morgan fingerprint density at radius 1 is 1.71 bits per heavy atom. The number of terminal acetylenes is 1. The Kier molecular flexibility index (Phi) is 7.35. The van der Waals surface area contributed by atoms with E-state index in [4.69, 9.17) is 12.2 Å². The highest BCUT2D eigenvalue weighted by Gasteiger charge is 2.14. The van der Waals surface area contributed by atoms with Crippen LogP contribution >= 0.6 is 11.8 Å². The minimum atomic E-state index is -0.440. The number of amides is 1. The van der Waals surface area contributed by atoms with Crippen molar-refractivity contribution >= 4 is 17.7 Å². The van der Waals surface area contributed by atoms with Crippen molar-refractivity contribution in [3.05, 3.63) is 0 Å². The van der Waals surface area contributed by atoms with Crippen LogP contribution in [-0.2, 0) is 4.79 Å². The number of thioether (sulfide) groups is 1. The van der Waals surface area contributed by atoms with Crippen LogP contribution in [-0.4, -0.2) is 30.0 Å². The number of carbonyl (C=O) groups excluding carboxylic acids is 1. The molecule has 4 heteroatoms. The Bertz CT molecular complexity index is 213. The molecule has 3 N–H and O–H groups in total. The molecule has 0 radical (unpaired) electrons. The summed E-state index contributed by atoms with van der Waals surface area (Å²) in [5.41, 5.74) is 5.67. The van der Waals surface area contributed by atoms with E-state index in [1.165, 1.54) is 0 Å². The molecule has 1 amide bonds. The zero-order valence-corrected chi connectivity index (χ0v) is 9.56. The zero-order chi connectivity index (χ0) is 11.0. The van der Waals surface area contributed by atoms with Gasteiger partial charge in [0.05, 0.1) is 12.1 Å². The first-order valence-corrected chi connectivity index (χ1v) is 6.06. The minimum absolute atomic E-state index is 0.149. The molecule has 0 aromatic rings. The lowest BCUT2D eigenvalue weighted by atomic mass is 10.2. The van der Waals surface area contributed by atoms with Crippen LogP contribution in [0.5, 0.6) is 0 Å². The Morgan fingerprint density at radius 3 is 2.79 bits per heavy atom. The molecular weight excluding hydrogens is 196 g/mol. The molecule has 3 nitrogen and oxygen atoms in total. The normalized spacial score (nSPS) is 14.1. The van der Waals surface area contributed by atoms with Crippen molar-refractivity contribution in [1.82, 2.24) is 5.32 Å². The van der Waals surface area contributed by atoms with Gasteiger partial charge in [-0.15, -0.1) is 6.42 Å². The predicted molar refractivity (Wildman–Crippen MR) is 62.0 cm³/mol. The first-order chi connectivity index (χ1) is 6.65. The van der Waals surface area contributed by atoms with Crippen LogP contribution in [0.15, 0.2) is 0 Å². The van der Waals surface area contributed by atoms with Crippen molar-refractivity contribution in [3.63, 3.8) is 0 Å². The van der Waals surface area contributed by atoms with Crippen LogP contribution < -0.4 is 11.1 Å². The second-order valence-electron chi connectivity index (χ2n) is 3.02. The molecule has 0 saturated heterocycles. The molecule has 0 bridgehead atoms. The maximum absolute atomic E-state index is 11.4. The minimum Gasteiger partial charge on any atom is -0.341 e. The molecule has 0 heterocycles. The lowest BCUT2D eigenvalue weighted by Gasteiger charge is -2.15. The summed E-state index contributed by atoms with van der Waals surface area (Å²) in [6.45, 7) is 1.93. The number of rotatable bonds is 6. The molecule has 0 spiro atoms. The van der Waals surface area contributed by atoms with Crippen molar-refractivity contribution in [1.29, 1.82) is 0 Å². The Labute approximate surface area is 90.2 Å². The molecule has 0 aromatic carbocycles. The van der Waals surface area contributed by atoms with Gasteiger partial charge in [0.25, 0.3) is 0 Å². The van der Waals surface area contributed by atoms with E-state index in [0.717, 1.165) is 12.2 Å². The van der Waals surface area contributed by atoms with Crippen molar-refractivity contribution in [2.75, 3.05) is 12.0 Å². The number of carbonyl (C=O) groups is 1. The van der Waals surface area contributed by atoms with Gasteiger partial charge in [0.15, 0.2) is 0 Å². The second-order valence-corrected chi connectivity index (χ2v) is 4.01. The highest BCUT2D eigenvalue weighted by Crippen LogP contribution is 1.99. The highest BCUT2D eigenvalue weighted by atomic mass is 32.2. The molecule has 1 unspecified atom stereocenters. The Balaban J connectivity index is 3.88. The smallest absolute Gasteiger partial charge is 0.237 e. The molecule has 0 rings (SSSR count). The van der Waals surface area contributed by atoms with E-state index in [2.05, 4.69) is 11.2 Å². The van der Waals surface area contributed by atoms with Crippen molar-refractivity contribution < 1.29 is 4.79 Å². The van der Waals surface area contributed by atoms with Gasteiger partial charge in [-0.3, -0.25) is 4.79 Å². The summed E-state index contributed by atoms with van der Waals surface area (Å²) in [4.78, 5) is 11.4. The van der Waals surface area contributed by atoms with E-state index in [1.807, 2.05) is 13.2 Å². The van der Waals surface area contributed by atoms with Gasteiger partial charge in [0.2, 0.25) is 5.91 Å². The molecule has 0 aliphatic carbocycles. The summed E-state index contributed by atoms with van der Waals surface area (Å²) in [7, 11) is 0. The third-order valence-electron chi connectivity index (χ3n) is 1.90. The topological polar surface area (TPSA) is 55.1 Å². The first-order valence-electron chi connectivity index (χ1n) is 4.66. The molecular formula is C10H18N2OS. The lowest BCUT2D eigenvalue weighted by molar-refractivity contribution is -0.122. The fraction of sp³-hybridized carbons (Fsp3) is 0.700. The molecule has 14 heavy (non-hydrogen) atoms. The third-order valence-corrected chi connectivity index (χ3v) is 2.54. The van der Waals surface area contributed by atoms with Gasteiger partial charge in [-0.25, -0.2) is 0 Å². The summed E-state index contributed by atoms with van der Waals surface area (Å²) in [6.07, 6.45) is 8.63. The van der Waals surface area contributed by atoms with Crippen molar-refractivity contribution in [2.24, 2.45) is 5.73 Å². The average Bonchev–Trinajstić information content (AvgIpc) is 2.21. The fourth-order valence-corrected chi connectivity index (χ4v) is 1.41. The number of hydrogen-bond donors (Lipinski definition) is 2. The molecule has 2 atom stereocenters. The highest BCUT2D eigenvalue weighted by molar-refractivity contribution is 7.98. The van der Waals surface area contributed by atoms with Crippen LogP contribution in [0.25, 0.3) is 0 Å². The molecule has 0 aliphatic rings. The third kappa shape index (κ3) is 5.15. The molecule has 0 aromatic heterocycles. The van der Waals surface area contributed by atoms with Gasteiger partial charge in [-0.1, -0.05) is 12.8 Å². The van der Waals surface area contributed by atoms with Gasteiger partial charge < -0.3 is 11.1 Å². The average molecular weight is 214 g/mol. The molecule has 0 aliphatic heterocycles. The van der Waals surface area contributed by atoms with E-state index in [0.29, 0.717) is 6.42 Å². The van der Waals surface area contributed by atoms with Crippen molar-refractivity contribution in [3.8, 4) is 12.3 Å². The van der Waals surface area contributed by atoms with Crippen LogP contribution in [0.1, 0.15) is 19.8 Å². The van der Waals surface area contributed by atoms with Gasteiger partial charge in [0, 0.05) is 0 Å². The Hall–Kier alpha value is -0.660. The SMILES string of the molecule is C#CC(CC)NC(=O)[C@@H](N)CCSC. The van der Waals surface area contributed by atoms with Crippen LogP contribution in [0.4, 0.5) is 0 Å². The zero-order valence-electron chi connectivity index (χ0n) is 8.75. The number of hydrogen-bond acceptors (Lipinski definition) is 3. The summed E-state index contributed by atoms with van der Waals surface area (Å²) in [6, 6.07) is -0.632. The lowest BCUT2D eigenvalue weighted by Crippen LogP contribution is -2.45. The second kappa shape index (κ2) is 7.72. The molecule has 80 valence electrons. The van der Waals surface area contributed by atoms with Gasteiger partial charge in [0.1, 0.15) is 0 Å². The fourth-order valence-electron chi connectivity index (χ4n) is 0.916. The van der Waals surface area contributed by atoms with E-state index in [1.54, 1.807) is 11.8 Å². The van der Waals surface area contributed by atoms with Crippen LogP contribution in [0, 0.1) is 12.3 Å². The van der Waals surface area contributed by atoms with Crippen LogP contribution in [0.3, 0.4) is 0 Å². The largest absolute Gasteiger partial charge is 0.341 e. The van der Waals surface area contributed by atoms with Crippen molar-refractivity contribution in [2.45, 2.75) is 31.8 Å². The maximum Gasteiger partial charge on any atom is 0.237 e. The quantitative estimate of drug-likeness (QED) is 0.636.